The van der Waals surface area contributed by atoms with E-state index in [2.05, 4.69) is 5.32 Å². The van der Waals surface area contributed by atoms with Crippen molar-refractivity contribution >= 4 is 17.7 Å². The minimum atomic E-state index is -4.38. The van der Waals surface area contributed by atoms with Crippen LogP contribution in [0.3, 0.4) is 0 Å². The number of nitrogens with zero attached hydrogens (tertiary/aromatic N) is 1. The van der Waals surface area contributed by atoms with Crippen molar-refractivity contribution in [3.8, 4) is 0 Å². The fourth-order valence-electron chi connectivity index (χ4n) is 2.28. The molecule has 1 aliphatic heterocycles. The number of halogens is 3. The lowest BCUT2D eigenvalue weighted by atomic mass is 10.1. The van der Waals surface area contributed by atoms with Gasteiger partial charge in [-0.15, -0.1) is 0 Å². The van der Waals surface area contributed by atoms with Crippen LogP contribution in [0.2, 0.25) is 0 Å². The van der Waals surface area contributed by atoms with Crippen LogP contribution in [0.4, 0.5) is 13.2 Å². The maximum Gasteiger partial charge on any atom is 0.416 e. The molecule has 3 nitrogen and oxygen atoms in total. The van der Waals surface area contributed by atoms with Gasteiger partial charge in [-0.1, -0.05) is 19.1 Å². The van der Waals surface area contributed by atoms with E-state index in [9.17, 15) is 18.0 Å². The van der Waals surface area contributed by atoms with Crippen LogP contribution in [0.15, 0.2) is 24.3 Å². The molecule has 1 aromatic rings. The Balaban J connectivity index is 2.25. The molecule has 0 saturated carbocycles. The van der Waals surface area contributed by atoms with Gasteiger partial charge in [-0.25, -0.2) is 0 Å². The first-order chi connectivity index (χ1) is 9.82. The SMILES string of the molecule is CSC(C)CN1C(=O)CNC1c1cccc(C(F)(F)F)c1. The van der Waals surface area contributed by atoms with Crippen molar-refractivity contribution in [1.29, 1.82) is 0 Å². The molecule has 0 bridgehead atoms. The molecule has 0 aromatic heterocycles. The zero-order valence-corrected chi connectivity index (χ0v) is 12.6. The van der Waals surface area contributed by atoms with Gasteiger partial charge in [-0.3, -0.25) is 10.1 Å². The molecule has 2 atom stereocenters. The molecular weight excluding hydrogens is 301 g/mol. The molecule has 1 amide bonds. The molecule has 21 heavy (non-hydrogen) atoms. The minimum Gasteiger partial charge on any atom is -0.321 e. The van der Waals surface area contributed by atoms with Crippen LogP contribution in [0.25, 0.3) is 0 Å². The summed E-state index contributed by atoms with van der Waals surface area (Å²) in [7, 11) is 0. The third-order valence-corrected chi connectivity index (χ3v) is 4.42. The highest BCUT2D eigenvalue weighted by atomic mass is 32.2. The van der Waals surface area contributed by atoms with Crippen molar-refractivity contribution in [3.63, 3.8) is 0 Å². The number of thioether (sulfide) groups is 1. The van der Waals surface area contributed by atoms with Gasteiger partial charge in [-0.2, -0.15) is 24.9 Å². The van der Waals surface area contributed by atoms with Crippen LogP contribution < -0.4 is 5.32 Å². The van der Waals surface area contributed by atoms with Crippen molar-refractivity contribution in [2.75, 3.05) is 19.3 Å². The Bertz CT molecular complexity index is 521. The highest BCUT2D eigenvalue weighted by Crippen LogP contribution is 2.32. The third-order valence-electron chi connectivity index (χ3n) is 3.46. The topological polar surface area (TPSA) is 32.3 Å². The number of carbonyl (C=O) groups is 1. The smallest absolute Gasteiger partial charge is 0.321 e. The first-order valence-electron chi connectivity index (χ1n) is 6.55. The number of hydrogen-bond donors (Lipinski definition) is 1. The van der Waals surface area contributed by atoms with E-state index in [1.165, 1.54) is 6.07 Å². The van der Waals surface area contributed by atoms with Crippen LogP contribution >= 0.6 is 11.8 Å². The highest BCUT2D eigenvalue weighted by molar-refractivity contribution is 7.99. The maximum absolute atomic E-state index is 12.8. The zero-order valence-electron chi connectivity index (χ0n) is 11.8. The molecule has 2 rings (SSSR count). The van der Waals surface area contributed by atoms with E-state index >= 15 is 0 Å². The quantitative estimate of drug-likeness (QED) is 0.926. The van der Waals surface area contributed by atoms with E-state index in [1.54, 1.807) is 22.7 Å². The summed E-state index contributed by atoms with van der Waals surface area (Å²) in [6.45, 7) is 2.65. The normalized spacial score (nSPS) is 20.9. The van der Waals surface area contributed by atoms with E-state index < -0.39 is 17.9 Å². The lowest BCUT2D eigenvalue weighted by Gasteiger charge is -2.27. The molecular formula is C14H17F3N2OS. The largest absolute Gasteiger partial charge is 0.416 e. The molecule has 116 valence electrons. The number of amides is 1. The number of carbonyl (C=O) groups excluding carboxylic acids is 1. The first kappa shape index (κ1) is 16.2. The van der Waals surface area contributed by atoms with Crippen LogP contribution in [0, 0.1) is 0 Å². The molecule has 1 fully saturated rings. The van der Waals surface area contributed by atoms with Crippen molar-refractivity contribution in [2.45, 2.75) is 24.5 Å². The average Bonchev–Trinajstić information content (AvgIpc) is 2.79. The van der Waals surface area contributed by atoms with Crippen LogP contribution in [0.1, 0.15) is 24.2 Å². The Hall–Kier alpha value is -1.21. The van der Waals surface area contributed by atoms with Gasteiger partial charge in [0.2, 0.25) is 5.91 Å². The van der Waals surface area contributed by atoms with Crippen molar-refractivity contribution in [1.82, 2.24) is 10.2 Å². The second-order valence-corrected chi connectivity index (χ2v) is 6.28. The average molecular weight is 318 g/mol. The highest BCUT2D eigenvalue weighted by Gasteiger charge is 2.35. The Morgan fingerprint density at radius 2 is 2.19 bits per heavy atom. The molecule has 0 radical (unpaired) electrons. The van der Waals surface area contributed by atoms with E-state index in [-0.39, 0.29) is 17.7 Å². The second-order valence-electron chi connectivity index (χ2n) is 5.00. The van der Waals surface area contributed by atoms with Gasteiger partial charge in [0, 0.05) is 11.8 Å². The molecule has 1 heterocycles. The van der Waals surface area contributed by atoms with Crippen LogP contribution in [-0.2, 0) is 11.0 Å². The molecule has 7 heteroatoms. The summed E-state index contributed by atoms with van der Waals surface area (Å²) in [5.41, 5.74) is -0.233. The number of hydrogen-bond acceptors (Lipinski definition) is 3. The lowest BCUT2D eigenvalue weighted by Crippen LogP contribution is -2.35. The Kier molecular flexibility index (Phi) is 4.83. The van der Waals surface area contributed by atoms with Gasteiger partial charge >= 0.3 is 6.18 Å². The predicted octanol–water partition coefficient (Wildman–Crippen LogP) is 2.89. The molecule has 1 aliphatic rings. The van der Waals surface area contributed by atoms with E-state index in [1.807, 2.05) is 13.2 Å². The predicted molar refractivity (Wildman–Crippen MR) is 76.9 cm³/mol. The van der Waals surface area contributed by atoms with Crippen molar-refractivity contribution < 1.29 is 18.0 Å². The van der Waals surface area contributed by atoms with E-state index in [4.69, 9.17) is 0 Å². The zero-order chi connectivity index (χ0) is 15.6. The summed E-state index contributed by atoms with van der Waals surface area (Å²) in [6.07, 6.45) is -2.93. The van der Waals surface area contributed by atoms with Crippen molar-refractivity contribution in [2.24, 2.45) is 0 Å². The lowest BCUT2D eigenvalue weighted by molar-refractivity contribution is -0.137. The van der Waals surface area contributed by atoms with Gasteiger partial charge < -0.3 is 4.90 Å². The standard InChI is InChI=1S/C14H17F3N2OS/c1-9(21-2)8-19-12(20)7-18-13(19)10-4-3-5-11(6-10)14(15,16)17/h3-6,9,13,18H,7-8H2,1-2H3. The van der Waals surface area contributed by atoms with Crippen LogP contribution in [0.5, 0.6) is 0 Å². The molecule has 0 aliphatic carbocycles. The van der Waals surface area contributed by atoms with E-state index in [0.717, 1.165) is 12.1 Å². The molecule has 0 spiro atoms. The van der Waals surface area contributed by atoms with Gasteiger partial charge in [-0.05, 0) is 24.0 Å². The Morgan fingerprint density at radius 1 is 1.48 bits per heavy atom. The third kappa shape index (κ3) is 3.71. The Labute approximate surface area is 125 Å². The van der Waals surface area contributed by atoms with Gasteiger partial charge in [0.1, 0.15) is 6.17 Å². The van der Waals surface area contributed by atoms with Gasteiger partial charge in [0.15, 0.2) is 0 Å². The van der Waals surface area contributed by atoms with Gasteiger partial charge in [0.05, 0.1) is 12.1 Å². The first-order valence-corrected chi connectivity index (χ1v) is 7.84. The monoisotopic (exact) mass is 318 g/mol. The number of alkyl halides is 3. The summed E-state index contributed by atoms with van der Waals surface area (Å²) >= 11 is 1.62. The van der Waals surface area contributed by atoms with Crippen molar-refractivity contribution in [3.05, 3.63) is 35.4 Å². The summed E-state index contributed by atoms with van der Waals surface area (Å²) < 4.78 is 38.4. The summed E-state index contributed by atoms with van der Waals surface area (Å²) in [4.78, 5) is 13.5. The van der Waals surface area contributed by atoms with Gasteiger partial charge in [0.25, 0.3) is 0 Å². The summed E-state index contributed by atoms with van der Waals surface area (Å²) in [5.74, 6) is -0.0849. The fraction of sp³-hybridized carbons (Fsp3) is 0.500. The summed E-state index contributed by atoms with van der Waals surface area (Å²) in [6, 6.07) is 5.13. The Morgan fingerprint density at radius 3 is 2.81 bits per heavy atom. The maximum atomic E-state index is 12.8. The van der Waals surface area contributed by atoms with Crippen LogP contribution in [-0.4, -0.2) is 35.4 Å². The number of benzene rings is 1. The second kappa shape index (κ2) is 6.27. The minimum absolute atomic E-state index is 0.0849. The molecule has 1 N–H and O–H groups in total. The molecule has 1 saturated heterocycles. The number of rotatable bonds is 4. The fourth-order valence-corrected chi connectivity index (χ4v) is 2.59. The molecule has 2 unspecified atom stereocenters. The molecule has 1 aromatic carbocycles. The number of nitrogens with one attached hydrogen (secondary N) is 1. The summed E-state index contributed by atoms with van der Waals surface area (Å²) in [5, 5.41) is 3.20. The van der Waals surface area contributed by atoms with E-state index in [0.29, 0.717) is 12.1 Å².